The summed E-state index contributed by atoms with van der Waals surface area (Å²) < 4.78 is 0. The Labute approximate surface area is 115 Å². The molecule has 1 heterocycles. The molecule has 1 unspecified atom stereocenters. The molecule has 2 N–H and O–H groups in total. The van der Waals surface area contributed by atoms with E-state index in [1.54, 1.807) is 6.20 Å². The number of rotatable bonds is 5. The van der Waals surface area contributed by atoms with E-state index < -0.39 is 0 Å². The van der Waals surface area contributed by atoms with E-state index in [0.717, 1.165) is 31.5 Å². The van der Waals surface area contributed by atoms with Gasteiger partial charge in [-0.2, -0.15) is 0 Å². The number of pyridine rings is 1. The summed E-state index contributed by atoms with van der Waals surface area (Å²) in [6.45, 7) is 5.60. The SMILES string of the molecule is CCN(CC)C(=O)[C@@H]1CC[C@@H]1C(N)c1cccnc1. The summed E-state index contributed by atoms with van der Waals surface area (Å²) in [6.07, 6.45) is 5.55. The Hall–Kier alpha value is -1.42. The monoisotopic (exact) mass is 261 g/mol. The fourth-order valence-corrected chi connectivity index (χ4v) is 2.85. The fourth-order valence-electron chi connectivity index (χ4n) is 2.85. The van der Waals surface area contributed by atoms with Gasteiger partial charge in [0.05, 0.1) is 0 Å². The number of carbonyl (C=O) groups is 1. The highest BCUT2D eigenvalue weighted by molar-refractivity contribution is 5.80. The molecule has 1 aliphatic rings. The van der Waals surface area contributed by atoms with E-state index in [4.69, 9.17) is 5.73 Å². The second-order valence-electron chi connectivity index (χ2n) is 5.17. The van der Waals surface area contributed by atoms with Gasteiger partial charge in [0.15, 0.2) is 0 Å². The standard InChI is InChI=1S/C15H23N3O/c1-3-18(4-2)15(19)13-8-7-12(13)14(16)11-6-5-9-17-10-11/h5-6,9-10,12-14H,3-4,7-8,16H2,1-2H3/t12-,13+,14?/m0/s1. The van der Waals surface area contributed by atoms with Crippen molar-refractivity contribution >= 4 is 5.91 Å². The van der Waals surface area contributed by atoms with Crippen LogP contribution in [0.1, 0.15) is 38.3 Å². The quantitative estimate of drug-likeness (QED) is 0.881. The molecule has 1 saturated carbocycles. The normalized spacial score (nSPS) is 23.5. The predicted octanol–water partition coefficient (Wildman–Crippen LogP) is 1.98. The topological polar surface area (TPSA) is 59.2 Å². The van der Waals surface area contributed by atoms with E-state index in [9.17, 15) is 4.79 Å². The molecule has 0 saturated heterocycles. The van der Waals surface area contributed by atoms with Crippen LogP contribution in [0.2, 0.25) is 0 Å². The number of hydrogen-bond acceptors (Lipinski definition) is 3. The van der Waals surface area contributed by atoms with Gasteiger partial charge in [-0.05, 0) is 44.2 Å². The lowest BCUT2D eigenvalue weighted by Gasteiger charge is -2.41. The van der Waals surface area contributed by atoms with E-state index in [1.165, 1.54) is 0 Å². The van der Waals surface area contributed by atoms with Crippen LogP contribution in [0.3, 0.4) is 0 Å². The summed E-state index contributed by atoms with van der Waals surface area (Å²) in [4.78, 5) is 18.4. The molecule has 0 radical (unpaired) electrons. The Morgan fingerprint density at radius 2 is 2.21 bits per heavy atom. The number of aromatic nitrogens is 1. The molecule has 0 aromatic carbocycles. The smallest absolute Gasteiger partial charge is 0.226 e. The molecule has 2 rings (SSSR count). The Kier molecular flexibility index (Phi) is 4.53. The Morgan fingerprint density at radius 1 is 1.47 bits per heavy atom. The summed E-state index contributed by atoms with van der Waals surface area (Å²) in [7, 11) is 0. The van der Waals surface area contributed by atoms with E-state index in [2.05, 4.69) is 4.98 Å². The molecule has 1 aromatic rings. The van der Waals surface area contributed by atoms with Crippen LogP contribution in [0.25, 0.3) is 0 Å². The van der Waals surface area contributed by atoms with E-state index in [0.29, 0.717) is 0 Å². The third kappa shape index (κ3) is 2.78. The summed E-state index contributed by atoms with van der Waals surface area (Å²) in [5.41, 5.74) is 7.33. The van der Waals surface area contributed by atoms with Gasteiger partial charge in [0.2, 0.25) is 5.91 Å². The molecular weight excluding hydrogens is 238 g/mol. The molecule has 104 valence electrons. The van der Waals surface area contributed by atoms with Crippen LogP contribution in [0.4, 0.5) is 0 Å². The van der Waals surface area contributed by atoms with Crippen molar-refractivity contribution in [2.75, 3.05) is 13.1 Å². The van der Waals surface area contributed by atoms with Gasteiger partial charge < -0.3 is 10.6 Å². The van der Waals surface area contributed by atoms with Gasteiger partial charge in [-0.25, -0.2) is 0 Å². The third-order valence-electron chi connectivity index (χ3n) is 4.25. The lowest BCUT2D eigenvalue weighted by atomic mass is 9.68. The molecule has 1 fully saturated rings. The number of carbonyl (C=O) groups excluding carboxylic acids is 1. The van der Waals surface area contributed by atoms with Gasteiger partial charge in [-0.3, -0.25) is 9.78 Å². The third-order valence-corrected chi connectivity index (χ3v) is 4.25. The first-order valence-corrected chi connectivity index (χ1v) is 7.13. The Bertz CT molecular complexity index is 417. The predicted molar refractivity (Wildman–Crippen MR) is 75.3 cm³/mol. The van der Waals surface area contributed by atoms with Crippen molar-refractivity contribution in [2.24, 2.45) is 17.6 Å². The van der Waals surface area contributed by atoms with Crippen molar-refractivity contribution < 1.29 is 4.79 Å². The molecule has 1 aromatic heterocycles. The maximum atomic E-state index is 12.4. The molecule has 1 amide bonds. The van der Waals surface area contributed by atoms with Crippen molar-refractivity contribution in [3.05, 3.63) is 30.1 Å². The van der Waals surface area contributed by atoms with Gasteiger partial charge >= 0.3 is 0 Å². The molecule has 1 aliphatic carbocycles. The highest BCUT2D eigenvalue weighted by Crippen LogP contribution is 2.42. The number of nitrogens with two attached hydrogens (primary N) is 1. The van der Waals surface area contributed by atoms with E-state index in [1.807, 2.05) is 37.1 Å². The molecule has 0 aliphatic heterocycles. The van der Waals surface area contributed by atoms with Crippen LogP contribution >= 0.6 is 0 Å². The van der Waals surface area contributed by atoms with Crippen LogP contribution in [0.5, 0.6) is 0 Å². The second kappa shape index (κ2) is 6.15. The summed E-state index contributed by atoms with van der Waals surface area (Å²) in [5, 5.41) is 0. The number of amides is 1. The molecule has 4 heteroatoms. The van der Waals surface area contributed by atoms with Gasteiger partial charge in [0.25, 0.3) is 0 Å². The highest BCUT2D eigenvalue weighted by atomic mass is 16.2. The van der Waals surface area contributed by atoms with Crippen LogP contribution < -0.4 is 5.73 Å². The van der Waals surface area contributed by atoms with Gasteiger partial charge in [0.1, 0.15) is 0 Å². The first kappa shape index (κ1) is 14.0. The molecule has 19 heavy (non-hydrogen) atoms. The second-order valence-corrected chi connectivity index (χ2v) is 5.17. The van der Waals surface area contributed by atoms with Crippen LogP contribution in [0, 0.1) is 11.8 Å². The van der Waals surface area contributed by atoms with E-state index >= 15 is 0 Å². The zero-order chi connectivity index (χ0) is 13.8. The first-order chi connectivity index (χ1) is 9.19. The fraction of sp³-hybridized carbons (Fsp3) is 0.600. The number of nitrogens with zero attached hydrogens (tertiary/aromatic N) is 2. The molecule has 0 spiro atoms. The van der Waals surface area contributed by atoms with Crippen molar-refractivity contribution in [2.45, 2.75) is 32.7 Å². The minimum Gasteiger partial charge on any atom is -0.343 e. The van der Waals surface area contributed by atoms with Gasteiger partial charge in [0, 0.05) is 37.4 Å². The van der Waals surface area contributed by atoms with Crippen molar-refractivity contribution in [3.63, 3.8) is 0 Å². The molecule has 3 atom stereocenters. The lowest BCUT2D eigenvalue weighted by Crippen LogP contribution is -2.46. The minimum atomic E-state index is -0.0769. The van der Waals surface area contributed by atoms with Gasteiger partial charge in [-0.15, -0.1) is 0 Å². The summed E-state index contributed by atoms with van der Waals surface area (Å²) >= 11 is 0. The van der Waals surface area contributed by atoms with Crippen LogP contribution in [0.15, 0.2) is 24.5 Å². The van der Waals surface area contributed by atoms with Crippen molar-refractivity contribution in [1.29, 1.82) is 0 Å². The highest BCUT2D eigenvalue weighted by Gasteiger charge is 2.41. The molecule has 4 nitrogen and oxygen atoms in total. The zero-order valence-corrected chi connectivity index (χ0v) is 11.7. The largest absolute Gasteiger partial charge is 0.343 e. The maximum Gasteiger partial charge on any atom is 0.226 e. The average Bonchev–Trinajstić information content (AvgIpc) is 2.40. The molecular formula is C15H23N3O. The minimum absolute atomic E-state index is 0.0769. The zero-order valence-electron chi connectivity index (χ0n) is 11.7. The number of hydrogen-bond donors (Lipinski definition) is 1. The molecule has 0 bridgehead atoms. The average molecular weight is 261 g/mol. The maximum absolute atomic E-state index is 12.4. The lowest BCUT2D eigenvalue weighted by molar-refractivity contribution is -0.141. The summed E-state index contributed by atoms with van der Waals surface area (Å²) in [5.74, 6) is 0.619. The first-order valence-electron chi connectivity index (χ1n) is 7.13. The van der Waals surface area contributed by atoms with Crippen molar-refractivity contribution in [1.82, 2.24) is 9.88 Å². The van der Waals surface area contributed by atoms with E-state index in [-0.39, 0.29) is 23.8 Å². The Balaban J connectivity index is 2.04. The van der Waals surface area contributed by atoms with Crippen LogP contribution in [-0.2, 0) is 4.79 Å². The van der Waals surface area contributed by atoms with Gasteiger partial charge in [-0.1, -0.05) is 6.07 Å². The van der Waals surface area contributed by atoms with Crippen molar-refractivity contribution in [3.8, 4) is 0 Å². The Morgan fingerprint density at radius 3 is 2.68 bits per heavy atom. The summed E-state index contributed by atoms with van der Waals surface area (Å²) in [6, 6.07) is 3.82. The van der Waals surface area contributed by atoms with Crippen LogP contribution in [-0.4, -0.2) is 28.9 Å².